The van der Waals surface area contributed by atoms with Gasteiger partial charge in [-0.2, -0.15) is 0 Å². The molecule has 62 valence electrons. The fraction of sp³-hybridized carbons (Fsp3) is 0.333. The van der Waals surface area contributed by atoms with Crippen molar-refractivity contribution < 1.29 is 5.11 Å². The first-order valence-corrected chi connectivity index (χ1v) is 3.66. The van der Waals surface area contributed by atoms with E-state index in [4.69, 9.17) is 5.11 Å². The summed E-state index contributed by atoms with van der Waals surface area (Å²) in [5.41, 5.74) is 0.989. The summed E-state index contributed by atoms with van der Waals surface area (Å²) in [6.07, 6.45) is 5.27. The van der Waals surface area contributed by atoms with Gasteiger partial charge in [0.25, 0.3) is 0 Å². The number of nitrogens with one attached hydrogen (secondary N) is 1. The molecular formula is C9H15NO. The Bertz CT molecular complexity index is 180. The van der Waals surface area contributed by atoms with Crippen molar-refractivity contribution in [1.82, 2.24) is 5.32 Å². The number of allylic oxidation sites excluding steroid dienone is 3. The molecule has 0 saturated heterocycles. The fourth-order valence-electron chi connectivity index (χ4n) is 0.647. The van der Waals surface area contributed by atoms with Crippen LogP contribution in [0.5, 0.6) is 0 Å². The van der Waals surface area contributed by atoms with E-state index in [2.05, 4.69) is 11.9 Å². The van der Waals surface area contributed by atoms with Gasteiger partial charge in [0.1, 0.15) is 5.76 Å². The molecule has 0 fully saturated rings. The normalized spacial score (nSPS) is 12.0. The first-order valence-electron chi connectivity index (χ1n) is 3.66. The molecule has 0 aliphatic heterocycles. The predicted molar refractivity (Wildman–Crippen MR) is 48.3 cm³/mol. The molecule has 0 aromatic rings. The van der Waals surface area contributed by atoms with Crippen molar-refractivity contribution in [2.24, 2.45) is 0 Å². The van der Waals surface area contributed by atoms with Crippen LogP contribution in [0.3, 0.4) is 0 Å². The van der Waals surface area contributed by atoms with Crippen LogP contribution in [0.2, 0.25) is 0 Å². The van der Waals surface area contributed by atoms with Crippen molar-refractivity contribution in [1.29, 1.82) is 0 Å². The van der Waals surface area contributed by atoms with Crippen LogP contribution < -0.4 is 5.32 Å². The molecule has 2 N–H and O–H groups in total. The van der Waals surface area contributed by atoms with Crippen molar-refractivity contribution in [2.45, 2.75) is 13.8 Å². The molecular weight excluding hydrogens is 138 g/mol. The molecule has 0 unspecified atom stereocenters. The van der Waals surface area contributed by atoms with Crippen LogP contribution in [0, 0.1) is 0 Å². The summed E-state index contributed by atoms with van der Waals surface area (Å²) < 4.78 is 0. The van der Waals surface area contributed by atoms with Gasteiger partial charge in [-0.3, -0.25) is 0 Å². The highest BCUT2D eigenvalue weighted by Gasteiger charge is 1.85. The highest BCUT2D eigenvalue weighted by Crippen LogP contribution is 1.93. The summed E-state index contributed by atoms with van der Waals surface area (Å²) in [6, 6.07) is 0. The number of hydrogen-bond donors (Lipinski definition) is 2. The minimum atomic E-state index is 0.0715. The molecule has 0 radical (unpaired) electrons. The van der Waals surface area contributed by atoms with Gasteiger partial charge in [-0.25, -0.2) is 0 Å². The Labute approximate surface area is 67.9 Å². The summed E-state index contributed by atoms with van der Waals surface area (Å²) >= 11 is 0. The summed E-state index contributed by atoms with van der Waals surface area (Å²) in [7, 11) is 0. The van der Waals surface area contributed by atoms with E-state index in [1.165, 1.54) is 0 Å². The van der Waals surface area contributed by atoms with Crippen LogP contribution in [0.25, 0.3) is 0 Å². The number of rotatable bonds is 4. The molecule has 0 bridgehead atoms. The Hall–Kier alpha value is -1.18. The molecule has 0 saturated carbocycles. The second-order valence-electron chi connectivity index (χ2n) is 2.10. The predicted octanol–water partition coefficient (Wildman–Crippen LogP) is 2.13. The van der Waals surface area contributed by atoms with Crippen LogP contribution in [0.1, 0.15) is 13.8 Å². The minimum absolute atomic E-state index is 0.0715. The monoisotopic (exact) mass is 153 g/mol. The van der Waals surface area contributed by atoms with Crippen molar-refractivity contribution in [3.63, 3.8) is 0 Å². The molecule has 0 atom stereocenters. The highest BCUT2D eigenvalue weighted by molar-refractivity contribution is 5.21. The van der Waals surface area contributed by atoms with Gasteiger partial charge in [0.2, 0.25) is 0 Å². The standard InChI is InChI=1S/C9H15NO/c1-4-9(10-5-2)7-6-8(3)11/h4,6-7,10-11H,3,5H2,1-2H3/b7-6-,9-4+. The average Bonchev–Trinajstić information content (AvgIpc) is 1.97. The highest BCUT2D eigenvalue weighted by atomic mass is 16.3. The Morgan fingerprint density at radius 1 is 1.55 bits per heavy atom. The van der Waals surface area contributed by atoms with E-state index in [-0.39, 0.29) is 5.76 Å². The zero-order valence-electron chi connectivity index (χ0n) is 7.09. The molecule has 0 aliphatic carbocycles. The maximum Gasteiger partial charge on any atom is 0.108 e. The maximum atomic E-state index is 8.73. The third-order valence-corrected chi connectivity index (χ3v) is 1.15. The summed E-state index contributed by atoms with van der Waals surface area (Å²) in [5, 5.41) is 11.8. The molecule has 11 heavy (non-hydrogen) atoms. The SMILES string of the molecule is C=C(O)/C=C\C(=C/C)NCC. The van der Waals surface area contributed by atoms with E-state index in [1.54, 1.807) is 12.2 Å². The molecule has 2 heteroatoms. The van der Waals surface area contributed by atoms with E-state index in [0.717, 1.165) is 12.2 Å². The summed E-state index contributed by atoms with van der Waals surface area (Å²) in [4.78, 5) is 0. The number of aliphatic hydroxyl groups is 1. The third-order valence-electron chi connectivity index (χ3n) is 1.15. The lowest BCUT2D eigenvalue weighted by atomic mass is 10.3. The molecule has 0 heterocycles. The van der Waals surface area contributed by atoms with Gasteiger partial charge in [0.05, 0.1) is 0 Å². The van der Waals surface area contributed by atoms with E-state index in [0.29, 0.717) is 0 Å². The van der Waals surface area contributed by atoms with Gasteiger partial charge >= 0.3 is 0 Å². The largest absolute Gasteiger partial charge is 0.509 e. The Morgan fingerprint density at radius 2 is 2.18 bits per heavy atom. The van der Waals surface area contributed by atoms with Gasteiger partial charge in [0.15, 0.2) is 0 Å². The quantitative estimate of drug-likeness (QED) is 0.479. The molecule has 2 nitrogen and oxygen atoms in total. The van der Waals surface area contributed by atoms with Crippen molar-refractivity contribution in [3.05, 3.63) is 36.3 Å². The van der Waals surface area contributed by atoms with E-state index in [1.807, 2.05) is 19.9 Å². The van der Waals surface area contributed by atoms with Gasteiger partial charge in [0, 0.05) is 12.2 Å². The molecule has 0 aromatic carbocycles. The lowest BCUT2D eigenvalue weighted by Gasteiger charge is -2.01. The Morgan fingerprint density at radius 3 is 2.55 bits per heavy atom. The van der Waals surface area contributed by atoms with Crippen LogP contribution in [-0.4, -0.2) is 11.7 Å². The average molecular weight is 153 g/mol. The Kier molecular flexibility index (Phi) is 4.99. The first-order chi connectivity index (χ1) is 5.20. The first kappa shape index (κ1) is 9.82. The molecule has 0 spiro atoms. The van der Waals surface area contributed by atoms with E-state index < -0.39 is 0 Å². The Balaban J connectivity index is 3.98. The second-order valence-corrected chi connectivity index (χ2v) is 2.10. The van der Waals surface area contributed by atoms with Crippen LogP contribution >= 0.6 is 0 Å². The smallest absolute Gasteiger partial charge is 0.108 e. The van der Waals surface area contributed by atoms with Gasteiger partial charge in [-0.05, 0) is 26.0 Å². The lowest BCUT2D eigenvalue weighted by Crippen LogP contribution is -2.09. The van der Waals surface area contributed by atoms with Crippen LogP contribution in [0.15, 0.2) is 36.3 Å². The van der Waals surface area contributed by atoms with Crippen LogP contribution in [-0.2, 0) is 0 Å². The second kappa shape index (κ2) is 5.59. The number of likely N-dealkylation sites (N-methyl/N-ethyl adjacent to an activating group) is 1. The summed E-state index contributed by atoms with van der Waals surface area (Å²) in [5.74, 6) is 0.0715. The van der Waals surface area contributed by atoms with Crippen molar-refractivity contribution in [2.75, 3.05) is 6.54 Å². The third kappa shape index (κ3) is 5.27. The van der Waals surface area contributed by atoms with E-state index >= 15 is 0 Å². The molecule has 0 aromatic heterocycles. The van der Waals surface area contributed by atoms with Crippen molar-refractivity contribution >= 4 is 0 Å². The molecule has 0 amide bonds. The zero-order chi connectivity index (χ0) is 8.69. The molecule has 0 aliphatic rings. The minimum Gasteiger partial charge on any atom is -0.509 e. The van der Waals surface area contributed by atoms with Gasteiger partial charge < -0.3 is 10.4 Å². The van der Waals surface area contributed by atoms with Crippen molar-refractivity contribution in [3.8, 4) is 0 Å². The molecule has 0 rings (SSSR count). The topological polar surface area (TPSA) is 32.3 Å². The van der Waals surface area contributed by atoms with Gasteiger partial charge in [-0.15, -0.1) is 0 Å². The van der Waals surface area contributed by atoms with E-state index in [9.17, 15) is 0 Å². The maximum absolute atomic E-state index is 8.73. The van der Waals surface area contributed by atoms with Gasteiger partial charge in [-0.1, -0.05) is 12.7 Å². The van der Waals surface area contributed by atoms with Crippen LogP contribution in [0.4, 0.5) is 0 Å². The fourth-order valence-corrected chi connectivity index (χ4v) is 0.647. The number of aliphatic hydroxyl groups excluding tert-OH is 1. The summed E-state index contributed by atoms with van der Waals surface area (Å²) in [6.45, 7) is 8.16. The zero-order valence-corrected chi connectivity index (χ0v) is 7.09. The number of hydrogen-bond acceptors (Lipinski definition) is 2. The lowest BCUT2D eigenvalue weighted by molar-refractivity contribution is 0.435.